The van der Waals surface area contributed by atoms with Gasteiger partial charge < -0.3 is 15.4 Å². The number of fused-ring (bicyclic) bond motifs is 2. The van der Waals surface area contributed by atoms with Gasteiger partial charge in [0.2, 0.25) is 5.91 Å². The van der Waals surface area contributed by atoms with Gasteiger partial charge >= 0.3 is 0 Å². The second-order valence-corrected chi connectivity index (χ2v) is 7.78. The lowest BCUT2D eigenvalue weighted by Crippen LogP contribution is -2.25. The molecule has 2 aromatic carbocycles. The lowest BCUT2D eigenvalue weighted by atomic mass is 10.2. The van der Waals surface area contributed by atoms with Crippen molar-refractivity contribution in [2.75, 3.05) is 24.2 Å². The fraction of sp³-hybridized carbons (Fsp3) is 0.227. The fourth-order valence-electron chi connectivity index (χ4n) is 3.11. The standard InChI is InChI=1S/C22H21N3O3S/c26-20-9-13-29-19-8-7-16(14-17(19)25-20)22(27)24-11-3-12-28-18-6-1-4-15-5-2-10-23-21(15)18/h1-2,4-8,10,14H,3,9,11-13H2,(H,24,27)(H,25,26). The van der Waals surface area contributed by atoms with Crippen LogP contribution < -0.4 is 15.4 Å². The molecule has 0 bridgehead atoms. The molecule has 0 fully saturated rings. The number of nitrogens with zero attached hydrogens (tertiary/aromatic N) is 1. The van der Waals surface area contributed by atoms with E-state index in [0.717, 1.165) is 27.3 Å². The highest BCUT2D eigenvalue weighted by molar-refractivity contribution is 7.99. The van der Waals surface area contributed by atoms with E-state index in [4.69, 9.17) is 4.74 Å². The lowest BCUT2D eigenvalue weighted by molar-refractivity contribution is -0.115. The second kappa shape index (κ2) is 8.96. The zero-order chi connectivity index (χ0) is 20.1. The Bertz CT molecular complexity index is 1050. The average Bonchev–Trinajstić information content (AvgIpc) is 2.93. The molecule has 0 aliphatic carbocycles. The minimum atomic E-state index is -0.164. The van der Waals surface area contributed by atoms with Crippen LogP contribution in [0.5, 0.6) is 5.75 Å². The molecule has 2 heterocycles. The van der Waals surface area contributed by atoms with Crippen molar-refractivity contribution in [1.29, 1.82) is 0 Å². The van der Waals surface area contributed by atoms with E-state index >= 15 is 0 Å². The summed E-state index contributed by atoms with van der Waals surface area (Å²) >= 11 is 1.62. The molecule has 1 aromatic heterocycles. The Morgan fingerprint density at radius 2 is 2.10 bits per heavy atom. The molecule has 7 heteroatoms. The maximum absolute atomic E-state index is 12.4. The number of amides is 2. The van der Waals surface area contributed by atoms with Gasteiger partial charge in [-0.05, 0) is 36.8 Å². The van der Waals surface area contributed by atoms with Gasteiger partial charge in [0.15, 0.2) is 0 Å². The van der Waals surface area contributed by atoms with Crippen LogP contribution >= 0.6 is 11.8 Å². The Kier molecular flexibility index (Phi) is 5.95. The molecular weight excluding hydrogens is 386 g/mol. The SMILES string of the molecule is O=C1CCSc2ccc(C(=O)NCCCOc3cccc4cccnc34)cc2N1. The molecule has 3 aromatic rings. The van der Waals surface area contributed by atoms with Crippen molar-refractivity contribution in [1.82, 2.24) is 10.3 Å². The Morgan fingerprint density at radius 3 is 3.03 bits per heavy atom. The van der Waals surface area contributed by atoms with Crippen LogP contribution in [-0.2, 0) is 4.79 Å². The minimum absolute atomic E-state index is 0.0196. The first kappa shape index (κ1) is 19.3. The van der Waals surface area contributed by atoms with Crippen LogP contribution in [0.15, 0.2) is 59.6 Å². The van der Waals surface area contributed by atoms with E-state index < -0.39 is 0 Å². The van der Waals surface area contributed by atoms with E-state index in [2.05, 4.69) is 15.6 Å². The highest BCUT2D eigenvalue weighted by Crippen LogP contribution is 2.31. The molecule has 2 amide bonds. The van der Waals surface area contributed by atoms with Crippen LogP contribution in [0.3, 0.4) is 0 Å². The average molecular weight is 407 g/mol. The number of anilines is 1. The van der Waals surface area contributed by atoms with Crippen LogP contribution in [0, 0.1) is 0 Å². The molecule has 148 valence electrons. The number of para-hydroxylation sites is 1. The summed E-state index contributed by atoms with van der Waals surface area (Å²) in [6, 6.07) is 15.1. The summed E-state index contributed by atoms with van der Waals surface area (Å²) in [5, 5.41) is 6.80. The van der Waals surface area contributed by atoms with Crippen LogP contribution in [-0.4, -0.2) is 35.7 Å². The van der Waals surface area contributed by atoms with Crippen molar-refractivity contribution in [3.8, 4) is 5.75 Å². The van der Waals surface area contributed by atoms with Gasteiger partial charge in [-0.3, -0.25) is 14.6 Å². The summed E-state index contributed by atoms with van der Waals surface area (Å²) in [7, 11) is 0. The monoisotopic (exact) mass is 407 g/mol. The maximum Gasteiger partial charge on any atom is 0.251 e. The van der Waals surface area contributed by atoms with Gasteiger partial charge in [0.25, 0.3) is 5.91 Å². The summed E-state index contributed by atoms with van der Waals surface area (Å²) < 4.78 is 5.84. The maximum atomic E-state index is 12.4. The highest BCUT2D eigenvalue weighted by Gasteiger charge is 2.15. The summed E-state index contributed by atoms with van der Waals surface area (Å²) in [6.07, 6.45) is 2.90. The molecule has 2 N–H and O–H groups in total. The zero-order valence-corrected chi connectivity index (χ0v) is 16.6. The van der Waals surface area contributed by atoms with Gasteiger partial charge in [0.1, 0.15) is 11.3 Å². The molecule has 0 unspecified atom stereocenters. The van der Waals surface area contributed by atoms with Crippen LogP contribution in [0.2, 0.25) is 0 Å². The smallest absolute Gasteiger partial charge is 0.251 e. The number of benzene rings is 2. The number of ether oxygens (including phenoxy) is 1. The van der Waals surface area contributed by atoms with Gasteiger partial charge in [-0.1, -0.05) is 18.2 Å². The molecule has 0 radical (unpaired) electrons. The number of nitrogens with one attached hydrogen (secondary N) is 2. The van der Waals surface area contributed by atoms with Crippen molar-refractivity contribution in [2.45, 2.75) is 17.7 Å². The summed E-state index contributed by atoms with van der Waals surface area (Å²) in [5.74, 6) is 1.31. The molecule has 0 atom stereocenters. The minimum Gasteiger partial charge on any atom is -0.491 e. The van der Waals surface area contributed by atoms with Crippen molar-refractivity contribution in [2.24, 2.45) is 0 Å². The first-order valence-corrected chi connectivity index (χ1v) is 10.5. The normalized spacial score (nSPS) is 13.3. The fourth-order valence-corrected chi connectivity index (χ4v) is 4.05. The quantitative estimate of drug-likeness (QED) is 0.607. The summed E-state index contributed by atoms with van der Waals surface area (Å²) in [6.45, 7) is 0.974. The van der Waals surface area contributed by atoms with Crippen LogP contribution in [0.4, 0.5) is 5.69 Å². The lowest BCUT2D eigenvalue weighted by Gasteiger charge is -2.11. The van der Waals surface area contributed by atoms with Gasteiger partial charge in [-0.25, -0.2) is 0 Å². The Morgan fingerprint density at radius 1 is 1.21 bits per heavy atom. The van der Waals surface area contributed by atoms with E-state index in [1.54, 1.807) is 30.1 Å². The molecule has 1 aliphatic heterocycles. The Balaban J connectivity index is 1.29. The van der Waals surface area contributed by atoms with Gasteiger partial charge in [0.05, 0.1) is 12.3 Å². The first-order chi connectivity index (χ1) is 14.2. The summed E-state index contributed by atoms with van der Waals surface area (Å²) in [4.78, 5) is 29.5. The predicted molar refractivity (Wildman–Crippen MR) is 115 cm³/mol. The topological polar surface area (TPSA) is 80.3 Å². The number of pyridine rings is 1. The van der Waals surface area contributed by atoms with Crippen LogP contribution in [0.25, 0.3) is 10.9 Å². The number of hydrogen-bond acceptors (Lipinski definition) is 5. The molecule has 0 spiro atoms. The number of thioether (sulfide) groups is 1. The Hall–Kier alpha value is -3.06. The number of rotatable bonds is 6. The summed E-state index contributed by atoms with van der Waals surface area (Å²) in [5.41, 5.74) is 2.08. The van der Waals surface area contributed by atoms with E-state index in [-0.39, 0.29) is 11.8 Å². The van der Waals surface area contributed by atoms with Gasteiger partial charge in [-0.15, -0.1) is 11.8 Å². The number of carbonyl (C=O) groups is 2. The van der Waals surface area contributed by atoms with Gasteiger partial charge in [-0.2, -0.15) is 0 Å². The molecule has 0 saturated heterocycles. The van der Waals surface area contributed by atoms with Crippen molar-refractivity contribution < 1.29 is 14.3 Å². The molecule has 29 heavy (non-hydrogen) atoms. The largest absolute Gasteiger partial charge is 0.491 e. The predicted octanol–water partition coefficient (Wildman–Crippen LogP) is 3.87. The third-order valence-electron chi connectivity index (χ3n) is 4.56. The number of aromatic nitrogens is 1. The van der Waals surface area contributed by atoms with Crippen molar-refractivity contribution in [3.63, 3.8) is 0 Å². The molecule has 6 nitrogen and oxygen atoms in total. The van der Waals surface area contributed by atoms with E-state index in [1.165, 1.54) is 0 Å². The first-order valence-electron chi connectivity index (χ1n) is 9.52. The molecule has 0 saturated carbocycles. The third kappa shape index (κ3) is 4.68. The highest BCUT2D eigenvalue weighted by atomic mass is 32.2. The zero-order valence-electron chi connectivity index (χ0n) is 15.8. The van der Waals surface area contributed by atoms with E-state index in [0.29, 0.717) is 37.2 Å². The number of carbonyl (C=O) groups excluding carboxylic acids is 2. The van der Waals surface area contributed by atoms with E-state index in [9.17, 15) is 9.59 Å². The third-order valence-corrected chi connectivity index (χ3v) is 5.64. The number of hydrogen-bond donors (Lipinski definition) is 2. The molecular formula is C22H21N3O3S. The van der Waals surface area contributed by atoms with Crippen molar-refractivity contribution >= 4 is 40.2 Å². The van der Waals surface area contributed by atoms with E-state index in [1.807, 2.05) is 36.4 Å². The van der Waals surface area contributed by atoms with Crippen molar-refractivity contribution in [3.05, 3.63) is 60.3 Å². The second-order valence-electron chi connectivity index (χ2n) is 6.65. The van der Waals surface area contributed by atoms with Crippen LogP contribution in [0.1, 0.15) is 23.2 Å². The van der Waals surface area contributed by atoms with Gasteiger partial charge in [0, 0.05) is 40.8 Å². The molecule has 4 rings (SSSR count). The Labute approximate surface area is 173 Å². The molecule has 1 aliphatic rings.